The van der Waals surface area contributed by atoms with Gasteiger partial charge < -0.3 is 4.57 Å². The molecule has 3 rings (SSSR count). The second-order valence-corrected chi connectivity index (χ2v) is 6.62. The number of hydrogen-bond acceptors (Lipinski definition) is 3. The number of aromatic nitrogens is 4. The van der Waals surface area contributed by atoms with E-state index in [1.807, 2.05) is 30.0 Å². The molecular weight excluding hydrogens is 292 g/mol. The minimum Gasteiger partial charge on any atom is -0.304 e. The van der Waals surface area contributed by atoms with Gasteiger partial charge in [-0.05, 0) is 32.9 Å². The molecule has 0 amide bonds. The van der Waals surface area contributed by atoms with Gasteiger partial charge in [-0.2, -0.15) is 5.10 Å². The van der Waals surface area contributed by atoms with E-state index in [4.69, 9.17) is 11.6 Å². The van der Waals surface area contributed by atoms with E-state index in [0.29, 0.717) is 5.88 Å². The third kappa shape index (κ3) is 1.96. The van der Waals surface area contributed by atoms with Gasteiger partial charge >= 0.3 is 0 Å². The third-order valence-corrected chi connectivity index (χ3v) is 5.00. The number of aryl methyl sites for hydroxylation is 3. The van der Waals surface area contributed by atoms with Crippen LogP contribution in [0.15, 0.2) is 12.1 Å². The molecule has 6 heteroatoms. The molecule has 106 valence electrons. The van der Waals surface area contributed by atoms with E-state index < -0.39 is 0 Å². The van der Waals surface area contributed by atoms with Gasteiger partial charge in [0.2, 0.25) is 0 Å². The van der Waals surface area contributed by atoms with Crippen molar-refractivity contribution in [2.24, 2.45) is 7.05 Å². The molecular formula is C14H17ClN4S. The van der Waals surface area contributed by atoms with Crippen LogP contribution in [0.2, 0.25) is 0 Å². The molecule has 1 unspecified atom stereocenters. The van der Waals surface area contributed by atoms with Gasteiger partial charge in [0.25, 0.3) is 0 Å². The van der Waals surface area contributed by atoms with Crippen molar-refractivity contribution < 1.29 is 0 Å². The van der Waals surface area contributed by atoms with Crippen molar-refractivity contribution in [1.29, 1.82) is 0 Å². The summed E-state index contributed by atoms with van der Waals surface area (Å²) in [5.41, 5.74) is 2.93. The summed E-state index contributed by atoms with van der Waals surface area (Å²) in [4.78, 5) is 7.29. The molecule has 0 aliphatic rings. The molecule has 0 saturated heterocycles. The Balaban J connectivity index is 2.23. The fourth-order valence-electron chi connectivity index (χ4n) is 2.65. The molecule has 0 fully saturated rings. The molecule has 0 aliphatic heterocycles. The van der Waals surface area contributed by atoms with Crippen molar-refractivity contribution in [3.8, 4) is 0 Å². The van der Waals surface area contributed by atoms with Gasteiger partial charge in [0, 0.05) is 16.8 Å². The molecule has 20 heavy (non-hydrogen) atoms. The summed E-state index contributed by atoms with van der Waals surface area (Å²) in [5.74, 6) is 1.30. The van der Waals surface area contributed by atoms with Crippen LogP contribution in [0.1, 0.15) is 34.2 Å². The maximum Gasteiger partial charge on any atom is 0.159 e. The highest BCUT2D eigenvalue weighted by atomic mass is 35.5. The van der Waals surface area contributed by atoms with Crippen molar-refractivity contribution in [3.63, 3.8) is 0 Å². The molecule has 0 saturated carbocycles. The maximum atomic E-state index is 6.09. The van der Waals surface area contributed by atoms with Crippen molar-refractivity contribution in [3.05, 3.63) is 33.4 Å². The van der Waals surface area contributed by atoms with E-state index in [9.17, 15) is 0 Å². The minimum atomic E-state index is 0.210. The summed E-state index contributed by atoms with van der Waals surface area (Å²) in [6, 6.07) is 4.54. The molecule has 0 aromatic carbocycles. The molecule has 3 heterocycles. The molecule has 0 radical (unpaired) electrons. The second kappa shape index (κ2) is 4.90. The highest BCUT2D eigenvalue weighted by Crippen LogP contribution is 2.31. The van der Waals surface area contributed by atoms with Gasteiger partial charge in [0.1, 0.15) is 11.3 Å². The first-order valence-electron chi connectivity index (χ1n) is 6.55. The zero-order valence-electron chi connectivity index (χ0n) is 12.0. The fraction of sp³-hybridized carbons (Fsp3) is 0.429. The average Bonchev–Trinajstić information content (AvgIpc) is 3.06. The minimum absolute atomic E-state index is 0.210. The maximum absolute atomic E-state index is 6.09. The van der Waals surface area contributed by atoms with E-state index >= 15 is 0 Å². The van der Waals surface area contributed by atoms with Crippen LogP contribution >= 0.6 is 22.9 Å². The van der Waals surface area contributed by atoms with Crippen molar-refractivity contribution in [1.82, 2.24) is 19.3 Å². The van der Waals surface area contributed by atoms with Crippen LogP contribution in [0.4, 0.5) is 0 Å². The number of thiophene rings is 1. The first kappa shape index (κ1) is 13.6. The first-order chi connectivity index (χ1) is 9.52. The number of alkyl halides is 1. The molecule has 0 bridgehead atoms. The van der Waals surface area contributed by atoms with Crippen molar-refractivity contribution in [2.45, 2.75) is 32.7 Å². The molecule has 0 spiro atoms. The summed E-state index contributed by atoms with van der Waals surface area (Å²) in [6.07, 6.45) is 0. The highest BCUT2D eigenvalue weighted by Gasteiger charge is 2.22. The topological polar surface area (TPSA) is 35.6 Å². The van der Waals surface area contributed by atoms with Gasteiger partial charge in [0.05, 0.1) is 17.6 Å². The standard InChI is InChI=1S/C14H17ClN4S/c1-8-5-6-11(20-8)10(3)19-12(7-15)16-13-9(2)17-18(4)14(13)19/h5-6,10H,7H2,1-4H3. The number of imidazole rings is 1. The number of fused-ring (bicyclic) bond motifs is 1. The lowest BCUT2D eigenvalue weighted by Gasteiger charge is -2.15. The van der Waals surface area contributed by atoms with E-state index in [0.717, 1.165) is 22.7 Å². The van der Waals surface area contributed by atoms with E-state index in [2.05, 4.69) is 40.6 Å². The molecule has 1 atom stereocenters. The van der Waals surface area contributed by atoms with Gasteiger partial charge in [-0.25, -0.2) is 4.98 Å². The van der Waals surface area contributed by atoms with Crippen LogP contribution < -0.4 is 0 Å². The zero-order chi connectivity index (χ0) is 14.4. The molecule has 3 aromatic heterocycles. The Bertz CT molecular complexity index is 768. The van der Waals surface area contributed by atoms with Crippen molar-refractivity contribution in [2.75, 3.05) is 0 Å². The number of nitrogens with zero attached hydrogens (tertiary/aromatic N) is 4. The Labute approximate surface area is 127 Å². The lowest BCUT2D eigenvalue weighted by molar-refractivity contribution is 0.616. The number of hydrogen-bond donors (Lipinski definition) is 0. The number of halogens is 1. The molecule has 3 aromatic rings. The summed E-state index contributed by atoms with van der Waals surface area (Å²) in [5, 5.41) is 4.46. The Hall–Kier alpha value is -1.33. The van der Waals surface area contributed by atoms with Crippen LogP contribution in [-0.2, 0) is 12.9 Å². The summed E-state index contributed by atoms with van der Waals surface area (Å²) in [6.45, 7) is 6.30. The van der Waals surface area contributed by atoms with Gasteiger partial charge in [0.15, 0.2) is 5.65 Å². The van der Waals surface area contributed by atoms with Crippen LogP contribution in [0.3, 0.4) is 0 Å². The Morgan fingerprint density at radius 3 is 2.70 bits per heavy atom. The second-order valence-electron chi connectivity index (χ2n) is 5.04. The van der Waals surface area contributed by atoms with Gasteiger partial charge in [-0.15, -0.1) is 22.9 Å². The normalized spacial score (nSPS) is 13.2. The highest BCUT2D eigenvalue weighted by molar-refractivity contribution is 7.12. The van der Waals surface area contributed by atoms with E-state index in [1.165, 1.54) is 9.75 Å². The van der Waals surface area contributed by atoms with E-state index in [-0.39, 0.29) is 6.04 Å². The molecule has 0 aliphatic carbocycles. The summed E-state index contributed by atoms with van der Waals surface area (Å²) >= 11 is 7.91. The Morgan fingerprint density at radius 2 is 2.10 bits per heavy atom. The predicted molar refractivity (Wildman–Crippen MR) is 83.7 cm³/mol. The van der Waals surface area contributed by atoms with Crippen LogP contribution in [0, 0.1) is 13.8 Å². The van der Waals surface area contributed by atoms with Gasteiger partial charge in [-0.3, -0.25) is 4.68 Å². The first-order valence-corrected chi connectivity index (χ1v) is 7.90. The largest absolute Gasteiger partial charge is 0.304 e. The third-order valence-electron chi connectivity index (χ3n) is 3.59. The fourth-order valence-corrected chi connectivity index (χ4v) is 3.76. The van der Waals surface area contributed by atoms with Crippen LogP contribution in [-0.4, -0.2) is 19.3 Å². The van der Waals surface area contributed by atoms with E-state index in [1.54, 1.807) is 0 Å². The Morgan fingerprint density at radius 1 is 1.35 bits per heavy atom. The lowest BCUT2D eigenvalue weighted by Crippen LogP contribution is -2.11. The summed E-state index contributed by atoms with van der Waals surface area (Å²) < 4.78 is 4.10. The smallest absolute Gasteiger partial charge is 0.159 e. The monoisotopic (exact) mass is 308 g/mol. The van der Waals surface area contributed by atoms with Gasteiger partial charge in [-0.1, -0.05) is 0 Å². The zero-order valence-corrected chi connectivity index (χ0v) is 13.6. The SMILES string of the molecule is Cc1ccc(C(C)n2c(CCl)nc3c(C)nn(C)c32)s1. The predicted octanol–water partition coefficient (Wildman–Crippen LogP) is 3.80. The van der Waals surface area contributed by atoms with Crippen LogP contribution in [0.5, 0.6) is 0 Å². The summed E-state index contributed by atoms with van der Waals surface area (Å²) in [7, 11) is 1.96. The van der Waals surface area contributed by atoms with Crippen molar-refractivity contribution >= 4 is 34.1 Å². The number of rotatable bonds is 3. The lowest BCUT2D eigenvalue weighted by atomic mass is 10.2. The molecule has 0 N–H and O–H groups in total. The molecule has 4 nitrogen and oxygen atoms in total. The average molecular weight is 309 g/mol. The van der Waals surface area contributed by atoms with Crippen LogP contribution in [0.25, 0.3) is 11.2 Å². The Kier molecular flexibility index (Phi) is 3.34. The quantitative estimate of drug-likeness (QED) is 0.690.